The number of amides is 1. The van der Waals surface area contributed by atoms with Crippen molar-refractivity contribution in [1.82, 2.24) is 14.7 Å². The molecule has 0 unspecified atom stereocenters. The molecular formula is C14H22N4O4. The molecule has 0 saturated carbocycles. The fraction of sp³-hybridized carbons (Fsp3) is 0.643. The molecule has 1 aromatic rings. The zero-order valence-electron chi connectivity index (χ0n) is 12.7. The van der Waals surface area contributed by atoms with Crippen LogP contribution in [0.2, 0.25) is 0 Å². The van der Waals surface area contributed by atoms with Gasteiger partial charge in [0.25, 0.3) is 0 Å². The van der Waals surface area contributed by atoms with Gasteiger partial charge in [0.2, 0.25) is 5.91 Å². The maximum absolute atomic E-state index is 12.3. The summed E-state index contributed by atoms with van der Waals surface area (Å²) in [6.45, 7) is 1.98. The van der Waals surface area contributed by atoms with Crippen LogP contribution in [-0.4, -0.2) is 58.0 Å². The molecule has 3 N–H and O–H groups in total. The fourth-order valence-electron chi connectivity index (χ4n) is 2.55. The SMILES string of the molecule is COC[C@@H](N)C(=O)N1CCCn2nc(CCC(=O)O)cc2C1. The normalized spacial score (nSPS) is 16.0. The zero-order chi connectivity index (χ0) is 16.1. The molecule has 122 valence electrons. The third kappa shape index (κ3) is 4.05. The van der Waals surface area contributed by atoms with E-state index in [-0.39, 0.29) is 18.9 Å². The van der Waals surface area contributed by atoms with Gasteiger partial charge in [-0.3, -0.25) is 14.3 Å². The molecule has 0 fully saturated rings. The van der Waals surface area contributed by atoms with E-state index in [0.717, 1.165) is 17.8 Å². The van der Waals surface area contributed by atoms with Crippen LogP contribution in [0.4, 0.5) is 0 Å². The van der Waals surface area contributed by atoms with Gasteiger partial charge in [0.1, 0.15) is 6.04 Å². The monoisotopic (exact) mass is 310 g/mol. The summed E-state index contributed by atoms with van der Waals surface area (Å²) in [6.07, 6.45) is 1.24. The number of nitrogens with two attached hydrogens (primary N) is 1. The second-order valence-corrected chi connectivity index (χ2v) is 5.42. The molecular weight excluding hydrogens is 288 g/mol. The van der Waals surface area contributed by atoms with E-state index < -0.39 is 12.0 Å². The van der Waals surface area contributed by atoms with Crippen LogP contribution in [0, 0.1) is 0 Å². The number of methoxy groups -OCH3 is 1. The number of carbonyl (C=O) groups excluding carboxylic acids is 1. The van der Waals surface area contributed by atoms with Gasteiger partial charge in [-0.25, -0.2) is 0 Å². The highest BCUT2D eigenvalue weighted by atomic mass is 16.5. The molecule has 1 aromatic heterocycles. The van der Waals surface area contributed by atoms with Gasteiger partial charge in [0.15, 0.2) is 0 Å². The molecule has 1 aliphatic heterocycles. The zero-order valence-corrected chi connectivity index (χ0v) is 12.7. The summed E-state index contributed by atoms with van der Waals surface area (Å²) in [6, 6.07) is 1.21. The van der Waals surface area contributed by atoms with Gasteiger partial charge < -0.3 is 20.5 Å². The van der Waals surface area contributed by atoms with Crippen LogP contribution in [-0.2, 0) is 33.8 Å². The van der Waals surface area contributed by atoms with E-state index in [0.29, 0.717) is 26.1 Å². The quantitative estimate of drug-likeness (QED) is 0.740. The summed E-state index contributed by atoms with van der Waals surface area (Å²) in [4.78, 5) is 24.6. The van der Waals surface area contributed by atoms with Gasteiger partial charge in [0, 0.05) is 26.6 Å². The van der Waals surface area contributed by atoms with Crippen molar-refractivity contribution in [1.29, 1.82) is 0 Å². The molecule has 0 aromatic carbocycles. The van der Waals surface area contributed by atoms with Crippen molar-refractivity contribution >= 4 is 11.9 Å². The predicted molar refractivity (Wildman–Crippen MR) is 78.1 cm³/mol. The molecule has 0 spiro atoms. The Balaban J connectivity index is 2.05. The first-order chi connectivity index (χ1) is 10.5. The molecule has 1 amide bonds. The number of rotatable bonds is 6. The Labute approximate surface area is 128 Å². The average Bonchev–Trinajstić information content (AvgIpc) is 2.75. The van der Waals surface area contributed by atoms with Crippen molar-refractivity contribution in [2.45, 2.75) is 38.4 Å². The smallest absolute Gasteiger partial charge is 0.303 e. The van der Waals surface area contributed by atoms with E-state index in [1.165, 1.54) is 7.11 Å². The van der Waals surface area contributed by atoms with Gasteiger partial charge >= 0.3 is 5.97 Å². The summed E-state index contributed by atoms with van der Waals surface area (Å²) in [5, 5.41) is 13.2. The van der Waals surface area contributed by atoms with Crippen LogP contribution in [0.1, 0.15) is 24.2 Å². The molecule has 2 rings (SSSR count). The van der Waals surface area contributed by atoms with Crippen molar-refractivity contribution in [3.05, 3.63) is 17.5 Å². The van der Waals surface area contributed by atoms with E-state index in [9.17, 15) is 9.59 Å². The highest BCUT2D eigenvalue weighted by Crippen LogP contribution is 2.15. The first-order valence-corrected chi connectivity index (χ1v) is 7.32. The number of carbonyl (C=O) groups is 2. The van der Waals surface area contributed by atoms with Gasteiger partial charge in [-0.15, -0.1) is 0 Å². The van der Waals surface area contributed by atoms with Crippen molar-refractivity contribution in [2.75, 3.05) is 20.3 Å². The van der Waals surface area contributed by atoms with Crippen LogP contribution in [0.25, 0.3) is 0 Å². The fourth-order valence-corrected chi connectivity index (χ4v) is 2.55. The molecule has 0 aliphatic carbocycles. The Morgan fingerprint density at radius 1 is 1.50 bits per heavy atom. The summed E-state index contributed by atoms with van der Waals surface area (Å²) in [5.74, 6) is -0.978. The van der Waals surface area contributed by atoms with Gasteiger partial charge in [0.05, 0.1) is 31.0 Å². The predicted octanol–water partition coefficient (Wildman–Crippen LogP) is -0.394. The van der Waals surface area contributed by atoms with Crippen molar-refractivity contribution in [2.24, 2.45) is 5.73 Å². The molecule has 22 heavy (non-hydrogen) atoms. The van der Waals surface area contributed by atoms with Crippen LogP contribution in [0.3, 0.4) is 0 Å². The van der Waals surface area contributed by atoms with Crippen LogP contribution in [0.5, 0.6) is 0 Å². The lowest BCUT2D eigenvalue weighted by Gasteiger charge is -2.23. The van der Waals surface area contributed by atoms with Gasteiger partial charge in [-0.1, -0.05) is 0 Å². The Hall–Kier alpha value is -1.93. The number of aliphatic carboxylic acids is 1. The third-order valence-electron chi connectivity index (χ3n) is 3.63. The Kier molecular flexibility index (Phi) is 5.51. The van der Waals surface area contributed by atoms with Gasteiger partial charge in [-0.2, -0.15) is 5.10 Å². The summed E-state index contributed by atoms with van der Waals surface area (Å²) in [7, 11) is 1.51. The van der Waals surface area contributed by atoms with Crippen molar-refractivity contribution < 1.29 is 19.4 Å². The molecule has 0 radical (unpaired) electrons. The van der Waals surface area contributed by atoms with E-state index in [1.807, 2.05) is 10.7 Å². The van der Waals surface area contributed by atoms with Crippen LogP contribution >= 0.6 is 0 Å². The number of nitrogens with zero attached hydrogens (tertiary/aromatic N) is 3. The lowest BCUT2D eigenvalue weighted by atomic mass is 10.2. The number of ether oxygens (including phenoxy) is 1. The second kappa shape index (κ2) is 7.37. The lowest BCUT2D eigenvalue weighted by Crippen LogP contribution is -2.45. The Bertz CT molecular complexity index is 543. The van der Waals surface area contributed by atoms with Crippen LogP contribution < -0.4 is 5.73 Å². The summed E-state index contributed by atoms with van der Waals surface area (Å²) < 4.78 is 6.78. The first-order valence-electron chi connectivity index (χ1n) is 7.32. The second-order valence-electron chi connectivity index (χ2n) is 5.42. The standard InChI is InChI=1S/C14H22N4O4/c1-22-9-12(15)14(21)17-5-2-6-18-11(8-17)7-10(16-18)3-4-13(19)20/h7,12H,2-6,8-9,15H2,1H3,(H,19,20)/t12-/m1/s1. The topological polar surface area (TPSA) is 111 Å². The molecule has 0 saturated heterocycles. The minimum absolute atomic E-state index is 0.0534. The molecule has 1 aliphatic rings. The minimum atomic E-state index is -0.842. The summed E-state index contributed by atoms with van der Waals surface area (Å²) >= 11 is 0. The number of hydrogen-bond donors (Lipinski definition) is 2. The number of aryl methyl sites for hydroxylation is 2. The average molecular weight is 310 g/mol. The van der Waals surface area contributed by atoms with Crippen molar-refractivity contribution in [3.63, 3.8) is 0 Å². The van der Waals surface area contributed by atoms with Gasteiger partial charge in [-0.05, 0) is 12.5 Å². The third-order valence-corrected chi connectivity index (χ3v) is 3.63. The van der Waals surface area contributed by atoms with E-state index in [2.05, 4.69) is 5.10 Å². The largest absolute Gasteiger partial charge is 0.481 e. The van der Waals surface area contributed by atoms with E-state index in [4.69, 9.17) is 15.6 Å². The highest BCUT2D eigenvalue weighted by molar-refractivity contribution is 5.81. The summed E-state index contributed by atoms with van der Waals surface area (Å²) in [5.41, 5.74) is 7.47. The number of carboxylic acid groups (broad SMARTS) is 1. The van der Waals surface area contributed by atoms with E-state index in [1.54, 1.807) is 4.90 Å². The molecule has 1 atom stereocenters. The highest BCUT2D eigenvalue weighted by Gasteiger charge is 2.24. The van der Waals surface area contributed by atoms with E-state index >= 15 is 0 Å². The number of aromatic nitrogens is 2. The Morgan fingerprint density at radius 2 is 2.27 bits per heavy atom. The Morgan fingerprint density at radius 3 is 2.95 bits per heavy atom. The number of carboxylic acids is 1. The molecule has 2 heterocycles. The maximum Gasteiger partial charge on any atom is 0.303 e. The van der Waals surface area contributed by atoms with Crippen LogP contribution in [0.15, 0.2) is 6.07 Å². The lowest BCUT2D eigenvalue weighted by molar-refractivity contribution is -0.137. The number of hydrogen-bond acceptors (Lipinski definition) is 5. The number of fused-ring (bicyclic) bond motifs is 1. The molecule has 0 bridgehead atoms. The molecule has 8 heteroatoms. The maximum atomic E-state index is 12.3. The minimum Gasteiger partial charge on any atom is -0.481 e. The molecule has 8 nitrogen and oxygen atoms in total. The van der Waals surface area contributed by atoms with Crippen molar-refractivity contribution in [3.8, 4) is 0 Å². The first kappa shape index (κ1) is 16.4.